The number of hydrogen-bond donors (Lipinski definition) is 1. The van der Waals surface area contributed by atoms with Crippen molar-refractivity contribution in [3.05, 3.63) is 30.5 Å². The van der Waals surface area contributed by atoms with Gasteiger partial charge < -0.3 is 15.0 Å². The minimum Gasteiger partial charge on any atom is -0.478 e. The van der Waals surface area contributed by atoms with Gasteiger partial charge in [0.2, 0.25) is 5.88 Å². The Bertz CT molecular complexity index is 564. The molecule has 0 atom stereocenters. The molecule has 1 aromatic carbocycles. The SMILES string of the molecule is CCOc1nccc2ccc(N3CCNCC3)cc12. The van der Waals surface area contributed by atoms with Gasteiger partial charge in [0, 0.05) is 43.4 Å². The summed E-state index contributed by atoms with van der Waals surface area (Å²) >= 11 is 0. The number of aromatic nitrogens is 1. The zero-order chi connectivity index (χ0) is 13.1. The zero-order valence-electron chi connectivity index (χ0n) is 11.2. The first-order chi connectivity index (χ1) is 9.38. The fourth-order valence-corrected chi connectivity index (χ4v) is 2.50. The van der Waals surface area contributed by atoms with Crippen molar-refractivity contribution in [2.24, 2.45) is 0 Å². The normalized spacial score (nSPS) is 15.7. The lowest BCUT2D eigenvalue weighted by atomic mass is 10.1. The van der Waals surface area contributed by atoms with E-state index >= 15 is 0 Å². The average Bonchev–Trinajstić information content (AvgIpc) is 2.48. The van der Waals surface area contributed by atoms with Crippen LogP contribution in [0.25, 0.3) is 10.8 Å². The highest BCUT2D eigenvalue weighted by Crippen LogP contribution is 2.28. The van der Waals surface area contributed by atoms with Crippen molar-refractivity contribution >= 4 is 16.5 Å². The predicted molar refractivity (Wildman–Crippen MR) is 78.0 cm³/mol. The summed E-state index contributed by atoms with van der Waals surface area (Å²) in [4.78, 5) is 6.73. The van der Waals surface area contributed by atoms with E-state index in [-0.39, 0.29) is 0 Å². The van der Waals surface area contributed by atoms with Gasteiger partial charge in [-0.1, -0.05) is 6.07 Å². The monoisotopic (exact) mass is 257 g/mol. The Morgan fingerprint density at radius 2 is 2.11 bits per heavy atom. The van der Waals surface area contributed by atoms with Crippen molar-refractivity contribution in [2.75, 3.05) is 37.7 Å². The highest BCUT2D eigenvalue weighted by atomic mass is 16.5. The van der Waals surface area contributed by atoms with Gasteiger partial charge in [0.25, 0.3) is 0 Å². The van der Waals surface area contributed by atoms with E-state index in [9.17, 15) is 0 Å². The molecule has 1 N–H and O–H groups in total. The van der Waals surface area contributed by atoms with E-state index in [0.717, 1.165) is 37.4 Å². The maximum atomic E-state index is 5.62. The number of ether oxygens (including phenoxy) is 1. The van der Waals surface area contributed by atoms with Crippen LogP contribution in [0.2, 0.25) is 0 Å². The van der Waals surface area contributed by atoms with Crippen LogP contribution in [0.1, 0.15) is 6.92 Å². The van der Waals surface area contributed by atoms with Gasteiger partial charge in [-0.2, -0.15) is 0 Å². The van der Waals surface area contributed by atoms with Crippen molar-refractivity contribution in [1.82, 2.24) is 10.3 Å². The molecular weight excluding hydrogens is 238 g/mol. The van der Waals surface area contributed by atoms with Gasteiger partial charge in [-0.25, -0.2) is 4.98 Å². The van der Waals surface area contributed by atoms with Crippen molar-refractivity contribution in [3.8, 4) is 5.88 Å². The number of nitrogens with one attached hydrogen (secondary N) is 1. The molecule has 19 heavy (non-hydrogen) atoms. The molecule has 0 aliphatic carbocycles. The third-order valence-electron chi connectivity index (χ3n) is 3.48. The molecule has 1 saturated heterocycles. The Balaban J connectivity index is 2.00. The Labute approximate surface area is 113 Å². The number of pyridine rings is 1. The zero-order valence-corrected chi connectivity index (χ0v) is 11.2. The second-order valence-corrected chi connectivity index (χ2v) is 4.69. The predicted octanol–water partition coefficient (Wildman–Crippen LogP) is 2.04. The first kappa shape index (κ1) is 12.2. The fraction of sp³-hybridized carbons (Fsp3) is 0.400. The molecule has 4 nitrogen and oxygen atoms in total. The summed E-state index contributed by atoms with van der Waals surface area (Å²) in [6.07, 6.45) is 1.80. The topological polar surface area (TPSA) is 37.4 Å². The van der Waals surface area contributed by atoms with Gasteiger partial charge in [-0.15, -0.1) is 0 Å². The van der Waals surface area contributed by atoms with Crippen LogP contribution in [-0.2, 0) is 0 Å². The molecular formula is C15H19N3O. The largest absolute Gasteiger partial charge is 0.478 e. The first-order valence-corrected chi connectivity index (χ1v) is 6.85. The number of rotatable bonds is 3. The molecule has 3 rings (SSSR count). The van der Waals surface area contributed by atoms with E-state index in [0.29, 0.717) is 6.61 Å². The highest BCUT2D eigenvalue weighted by molar-refractivity contribution is 5.89. The molecule has 1 aliphatic rings. The summed E-state index contributed by atoms with van der Waals surface area (Å²) in [5, 5.41) is 5.65. The number of fused-ring (bicyclic) bond motifs is 1. The number of piperazine rings is 1. The van der Waals surface area contributed by atoms with Crippen LogP contribution in [0.5, 0.6) is 5.88 Å². The Kier molecular flexibility index (Phi) is 3.51. The van der Waals surface area contributed by atoms with Crippen molar-refractivity contribution in [2.45, 2.75) is 6.92 Å². The van der Waals surface area contributed by atoms with E-state index in [1.54, 1.807) is 6.20 Å². The van der Waals surface area contributed by atoms with Gasteiger partial charge in [0.15, 0.2) is 0 Å². The third kappa shape index (κ3) is 2.49. The lowest BCUT2D eigenvalue weighted by molar-refractivity contribution is 0.331. The third-order valence-corrected chi connectivity index (χ3v) is 3.48. The van der Waals surface area contributed by atoms with Crippen LogP contribution < -0.4 is 15.0 Å². The maximum absolute atomic E-state index is 5.62. The summed E-state index contributed by atoms with van der Waals surface area (Å²) in [7, 11) is 0. The number of hydrogen-bond acceptors (Lipinski definition) is 4. The van der Waals surface area contributed by atoms with Crippen LogP contribution in [-0.4, -0.2) is 37.8 Å². The smallest absolute Gasteiger partial charge is 0.221 e. The quantitative estimate of drug-likeness (QED) is 0.913. The lowest BCUT2D eigenvalue weighted by Crippen LogP contribution is -2.43. The van der Waals surface area contributed by atoms with Crippen molar-refractivity contribution in [3.63, 3.8) is 0 Å². The summed E-state index contributed by atoms with van der Waals surface area (Å²) in [5.41, 5.74) is 1.25. The van der Waals surface area contributed by atoms with Crippen LogP contribution in [0.15, 0.2) is 30.5 Å². The van der Waals surface area contributed by atoms with Gasteiger partial charge in [0.05, 0.1) is 6.61 Å². The molecule has 1 fully saturated rings. The number of anilines is 1. The second-order valence-electron chi connectivity index (χ2n) is 4.69. The molecule has 0 saturated carbocycles. The van der Waals surface area contributed by atoms with Crippen molar-refractivity contribution < 1.29 is 4.74 Å². The molecule has 2 aromatic rings. The Hall–Kier alpha value is -1.81. The summed E-state index contributed by atoms with van der Waals surface area (Å²) in [6, 6.07) is 8.55. The lowest BCUT2D eigenvalue weighted by Gasteiger charge is -2.29. The highest BCUT2D eigenvalue weighted by Gasteiger charge is 2.12. The maximum Gasteiger partial charge on any atom is 0.221 e. The van der Waals surface area contributed by atoms with Gasteiger partial charge in [-0.05, 0) is 30.5 Å². The van der Waals surface area contributed by atoms with E-state index in [2.05, 4.69) is 33.4 Å². The number of benzene rings is 1. The second kappa shape index (κ2) is 5.45. The van der Waals surface area contributed by atoms with E-state index in [1.165, 1.54) is 11.1 Å². The Morgan fingerprint density at radius 3 is 2.89 bits per heavy atom. The van der Waals surface area contributed by atoms with E-state index < -0.39 is 0 Å². The molecule has 0 radical (unpaired) electrons. The molecule has 0 spiro atoms. The van der Waals surface area contributed by atoms with E-state index in [1.807, 2.05) is 13.0 Å². The average molecular weight is 257 g/mol. The minimum atomic E-state index is 0.643. The molecule has 4 heteroatoms. The minimum absolute atomic E-state index is 0.643. The van der Waals surface area contributed by atoms with Crippen LogP contribution in [0, 0.1) is 0 Å². The van der Waals surface area contributed by atoms with Gasteiger partial charge in [0.1, 0.15) is 0 Å². The van der Waals surface area contributed by atoms with Crippen LogP contribution >= 0.6 is 0 Å². The standard InChI is InChI=1S/C15H19N3O/c1-2-19-15-14-11-13(18-9-7-16-8-10-18)4-3-12(14)5-6-17-15/h3-6,11,16H,2,7-10H2,1H3. The van der Waals surface area contributed by atoms with Gasteiger partial charge in [-0.3, -0.25) is 0 Å². The number of nitrogens with zero attached hydrogens (tertiary/aromatic N) is 2. The molecule has 100 valence electrons. The molecule has 1 aromatic heterocycles. The van der Waals surface area contributed by atoms with E-state index in [4.69, 9.17) is 4.74 Å². The summed E-state index contributed by atoms with van der Waals surface area (Å²) in [5.74, 6) is 0.733. The Morgan fingerprint density at radius 1 is 1.26 bits per heavy atom. The first-order valence-electron chi connectivity index (χ1n) is 6.85. The van der Waals surface area contributed by atoms with Gasteiger partial charge >= 0.3 is 0 Å². The summed E-state index contributed by atoms with van der Waals surface area (Å²) < 4.78 is 5.62. The van der Waals surface area contributed by atoms with Crippen LogP contribution in [0.3, 0.4) is 0 Å². The molecule has 2 heterocycles. The molecule has 0 unspecified atom stereocenters. The summed E-state index contributed by atoms with van der Waals surface area (Å²) in [6.45, 7) is 6.82. The fourth-order valence-electron chi connectivity index (χ4n) is 2.50. The molecule has 0 bridgehead atoms. The van der Waals surface area contributed by atoms with Crippen LogP contribution in [0.4, 0.5) is 5.69 Å². The van der Waals surface area contributed by atoms with Crippen molar-refractivity contribution in [1.29, 1.82) is 0 Å². The molecule has 1 aliphatic heterocycles. The molecule has 0 amide bonds.